The maximum atomic E-state index is 8.39. The van der Waals surface area contributed by atoms with Gasteiger partial charge in [0.05, 0.1) is 5.95 Å². The van der Waals surface area contributed by atoms with Gasteiger partial charge in [0.15, 0.2) is 0 Å². The van der Waals surface area contributed by atoms with Crippen molar-refractivity contribution in [2.45, 2.75) is 0 Å². The predicted molar refractivity (Wildman–Crippen MR) is 34.9 cm³/mol. The molecule has 0 aliphatic heterocycles. The molecule has 13 heavy (non-hydrogen) atoms. The van der Waals surface area contributed by atoms with Crippen LogP contribution >= 0.6 is 0 Å². The van der Waals surface area contributed by atoms with Gasteiger partial charge in [0, 0.05) is 53.8 Å². The fourth-order valence-corrected chi connectivity index (χ4v) is 0.702. The third-order valence-electron chi connectivity index (χ3n) is 1.16. The van der Waals surface area contributed by atoms with Gasteiger partial charge in [0.1, 0.15) is 0 Å². The molecule has 0 saturated carbocycles. The van der Waals surface area contributed by atoms with E-state index in [0.717, 1.165) is 0 Å². The van der Waals surface area contributed by atoms with Crippen molar-refractivity contribution in [3.63, 3.8) is 0 Å². The number of hydrogen-bond acceptors (Lipinski definition) is 5. The summed E-state index contributed by atoms with van der Waals surface area (Å²) in [6.45, 7) is 0. The maximum absolute atomic E-state index is 8.39. The summed E-state index contributed by atoms with van der Waals surface area (Å²) in [5.41, 5.74) is 2.69. The molecule has 2 rings (SSSR count). The molecule has 65 valence electrons. The van der Waals surface area contributed by atoms with Crippen LogP contribution in [0.1, 0.15) is 0 Å². The van der Waals surface area contributed by atoms with Crippen LogP contribution in [0.25, 0.3) is 11.2 Å². The normalized spacial score (nSPS) is 8.69. The van der Waals surface area contributed by atoms with E-state index in [1.807, 2.05) is 0 Å². The molecule has 0 aliphatic carbocycles. The van der Waals surface area contributed by atoms with Crippen molar-refractivity contribution in [1.29, 1.82) is 0 Å². The van der Waals surface area contributed by atoms with Gasteiger partial charge in [-0.3, -0.25) is 0 Å². The summed E-state index contributed by atoms with van der Waals surface area (Å²) < 4.78 is 0. The van der Waals surface area contributed by atoms with E-state index in [4.69, 9.17) is 5.21 Å². The molecule has 2 aromatic heterocycles. The third-order valence-corrected chi connectivity index (χ3v) is 1.16. The second-order valence-electron chi connectivity index (χ2n) is 1.82. The first-order chi connectivity index (χ1) is 5.40. The Balaban J connectivity index is 0.000000720. The van der Waals surface area contributed by atoms with Gasteiger partial charge in [-0.1, -0.05) is 17.4 Å². The molecule has 2 aromatic rings. The Labute approximate surface area is 113 Å². The minimum absolute atomic E-state index is 0. The van der Waals surface area contributed by atoms with Gasteiger partial charge < -0.3 is 30.6 Å². The van der Waals surface area contributed by atoms with Crippen LogP contribution in [0.3, 0.4) is 0 Å². The van der Waals surface area contributed by atoms with E-state index < -0.39 is 0 Å². The average Bonchev–Trinajstić information content (AvgIpc) is 2.50. The van der Waals surface area contributed by atoms with Crippen LogP contribution in [-0.2, 0) is 53.8 Å². The average molecular weight is 422 g/mol. The topological polar surface area (TPSA) is 85.0 Å². The zero-order valence-corrected chi connectivity index (χ0v) is 12.1. The molecule has 6 nitrogen and oxygen atoms in total. The number of fused-ring (bicyclic) bond motifs is 1. The van der Waals surface area contributed by atoms with Crippen LogP contribution in [0.4, 0.5) is 5.95 Å². The van der Waals surface area contributed by atoms with Gasteiger partial charge in [-0.15, -0.1) is 0 Å². The van der Waals surface area contributed by atoms with Gasteiger partial charge in [0.25, 0.3) is 0 Å². The number of aromatic nitrogens is 4. The third kappa shape index (κ3) is 2.77. The Morgan fingerprint density at radius 2 is 2.31 bits per heavy atom. The van der Waals surface area contributed by atoms with Gasteiger partial charge in [-0.2, -0.15) is 0 Å². The monoisotopic (exact) mass is 422 g/mol. The Kier molecular flexibility index (Phi) is 5.80. The van der Waals surface area contributed by atoms with Crippen molar-refractivity contribution in [3.8, 4) is 0 Å². The van der Waals surface area contributed by atoms with Gasteiger partial charge in [-0.05, 0) is 6.33 Å². The summed E-state index contributed by atoms with van der Waals surface area (Å²) in [6.07, 6.45) is 3.90. The second-order valence-corrected chi connectivity index (χ2v) is 1.82. The van der Waals surface area contributed by atoms with Crippen LogP contribution in [0.2, 0.25) is 0 Å². The Bertz CT molecular complexity index is 380. The van der Waals surface area contributed by atoms with Crippen molar-refractivity contribution in [3.05, 3.63) is 12.5 Å². The fourth-order valence-electron chi connectivity index (χ4n) is 0.702. The van der Waals surface area contributed by atoms with Crippen molar-refractivity contribution < 1.29 is 59.0 Å². The quantitative estimate of drug-likeness (QED) is 0.480. The number of anilines is 1. The molecule has 0 saturated heterocycles. The van der Waals surface area contributed by atoms with E-state index >= 15 is 0 Å². The summed E-state index contributed by atoms with van der Waals surface area (Å²) in [5.74, 6) is 0.0676. The molecule has 0 spiro atoms. The zero-order chi connectivity index (χ0) is 7.68. The van der Waals surface area contributed by atoms with Gasteiger partial charge >= 0.3 is 0 Å². The summed E-state index contributed by atoms with van der Waals surface area (Å²) in [4.78, 5) is 15.0. The Hall–Kier alpha value is 0.102. The Morgan fingerprint density at radius 1 is 1.54 bits per heavy atom. The SMILES string of the molecule is ONc1n[c-]c2nc[n-]c2n1.[W].[Y]. The molecule has 0 unspecified atom stereocenters. The number of nitrogens with one attached hydrogen (secondary N) is 1. The number of rotatable bonds is 1. The van der Waals surface area contributed by atoms with Crippen molar-refractivity contribution in [1.82, 2.24) is 19.9 Å². The molecule has 0 aliphatic rings. The summed E-state index contributed by atoms with van der Waals surface area (Å²) in [6, 6.07) is 0. The van der Waals surface area contributed by atoms with Crippen LogP contribution in [0, 0.1) is 6.20 Å². The first kappa shape index (κ1) is 13.1. The first-order valence-electron chi connectivity index (χ1n) is 2.83. The Morgan fingerprint density at radius 3 is 3.00 bits per heavy atom. The molecular formula is C5H3N5OWY-2. The van der Waals surface area contributed by atoms with Crippen LogP contribution in [0.15, 0.2) is 6.33 Å². The molecule has 1 radical (unpaired) electrons. The van der Waals surface area contributed by atoms with Crippen LogP contribution in [-0.4, -0.2) is 20.2 Å². The van der Waals surface area contributed by atoms with E-state index in [-0.39, 0.29) is 59.7 Å². The molecule has 2 N–H and O–H groups in total. The van der Waals surface area contributed by atoms with E-state index in [1.165, 1.54) is 6.33 Å². The number of nitrogens with zero attached hydrogens (tertiary/aromatic N) is 4. The van der Waals surface area contributed by atoms with E-state index in [9.17, 15) is 0 Å². The van der Waals surface area contributed by atoms with Crippen molar-refractivity contribution in [2.24, 2.45) is 0 Å². The van der Waals surface area contributed by atoms with E-state index in [0.29, 0.717) is 11.2 Å². The molecule has 0 fully saturated rings. The maximum Gasteiger partial charge on any atom is 0.0573 e. The predicted octanol–water partition coefficient (Wildman–Crippen LogP) is -0.422. The largest absolute Gasteiger partial charge is 0.459 e. The second kappa shape index (κ2) is 5.75. The number of imidazole rings is 1. The summed E-state index contributed by atoms with van der Waals surface area (Å²) in [7, 11) is 0. The van der Waals surface area contributed by atoms with Crippen LogP contribution < -0.4 is 10.5 Å². The summed E-state index contributed by atoms with van der Waals surface area (Å²) >= 11 is 0. The van der Waals surface area contributed by atoms with Crippen LogP contribution in [0.5, 0.6) is 0 Å². The van der Waals surface area contributed by atoms with Crippen molar-refractivity contribution >= 4 is 17.1 Å². The molecule has 2 heterocycles. The molecule has 0 aromatic carbocycles. The minimum atomic E-state index is 0. The van der Waals surface area contributed by atoms with E-state index in [1.54, 1.807) is 5.48 Å². The number of hydrogen-bond donors (Lipinski definition) is 2. The zero-order valence-electron chi connectivity index (χ0n) is 6.30. The fraction of sp³-hybridized carbons (Fsp3) is 0. The van der Waals surface area contributed by atoms with E-state index in [2.05, 4.69) is 26.1 Å². The molecule has 0 atom stereocenters. The molecular weight excluding hydrogens is 419 g/mol. The first-order valence-corrected chi connectivity index (χ1v) is 2.83. The van der Waals surface area contributed by atoms with Crippen molar-refractivity contribution in [2.75, 3.05) is 5.48 Å². The standard InChI is InChI=1S/C5H3N5O.W.Y/c11-10-5-6-1-3-4(9-5)8-2-7-3;;/h2H,(H2-,6,7,8,9,10,11);;/q-2;;. The van der Waals surface area contributed by atoms with Gasteiger partial charge in [-0.25, -0.2) is 0 Å². The van der Waals surface area contributed by atoms with Gasteiger partial charge in [0.2, 0.25) is 0 Å². The molecule has 8 heteroatoms. The smallest absolute Gasteiger partial charge is 0.0573 e. The minimum Gasteiger partial charge on any atom is -0.459 e. The molecule has 0 amide bonds. The summed E-state index contributed by atoms with van der Waals surface area (Å²) in [5, 5.41) is 8.39. The molecule has 0 bridgehead atoms.